The average Bonchev–Trinajstić information content (AvgIpc) is 3.16. The molecule has 0 N–H and O–H groups in total. The van der Waals surface area contributed by atoms with Crippen LogP contribution in [0.25, 0.3) is 32.0 Å². The summed E-state index contributed by atoms with van der Waals surface area (Å²) in [6.45, 7) is 3.59. The zero-order valence-electron chi connectivity index (χ0n) is 17.4. The van der Waals surface area contributed by atoms with Crippen LogP contribution in [0.15, 0.2) is 80.9 Å². The quantitative estimate of drug-likeness (QED) is 0.290. The van der Waals surface area contributed by atoms with Gasteiger partial charge in [0.2, 0.25) is 0 Å². The van der Waals surface area contributed by atoms with Gasteiger partial charge in [-0.2, -0.15) is 4.99 Å². The number of ether oxygens (including phenoxy) is 1. The van der Waals surface area contributed by atoms with E-state index in [4.69, 9.17) is 9.15 Å². The van der Waals surface area contributed by atoms with Gasteiger partial charge in [-0.05, 0) is 30.5 Å². The van der Waals surface area contributed by atoms with Gasteiger partial charge in [0.1, 0.15) is 11.1 Å². The fourth-order valence-corrected chi connectivity index (χ4v) is 4.95. The van der Waals surface area contributed by atoms with E-state index in [0.717, 1.165) is 21.0 Å². The van der Waals surface area contributed by atoms with E-state index >= 15 is 0 Å². The van der Waals surface area contributed by atoms with Crippen molar-refractivity contribution in [3.8, 4) is 0 Å². The van der Waals surface area contributed by atoms with Crippen LogP contribution in [0.1, 0.15) is 17.3 Å². The largest absolute Gasteiger partial charge is 0.422 e. The number of benzene rings is 3. The second-order valence-electron chi connectivity index (χ2n) is 7.27. The number of amides is 1. The lowest BCUT2D eigenvalue weighted by atomic mass is 10.1. The highest BCUT2D eigenvalue weighted by molar-refractivity contribution is 7.17. The van der Waals surface area contributed by atoms with E-state index in [-0.39, 0.29) is 5.56 Å². The first-order valence-corrected chi connectivity index (χ1v) is 11.2. The van der Waals surface area contributed by atoms with Crippen molar-refractivity contribution in [1.82, 2.24) is 4.57 Å². The Labute approximate surface area is 187 Å². The Bertz CT molecular complexity index is 1590. The van der Waals surface area contributed by atoms with Crippen LogP contribution >= 0.6 is 11.3 Å². The van der Waals surface area contributed by atoms with Gasteiger partial charge < -0.3 is 13.7 Å². The summed E-state index contributed by atoms with van der Waals surface area (Å²) in [4.78, 5) is 30.3. The molecule has 1 amide bonds. The standard InChI is InChI=1S/C25H20N2O4S/c1-2-30-14-13-27-20-12-11-16-7-3-5-9-18(16)22(20)32-25(27)26-23(28)19-15-17-8-4-6-10-21(17)31-24(19)29/h3-12,15H,2,13-14H2,1H3. The molecule has 0 aliphatic rings. The molecule has 0 aliphatic heterocycles. The number of hydrogen-bond acceptors (Lipinski definition) is 5. The fraction of sp³-hybridized carbons (Fsp3) is 0.160. The summed E-state index contributed by atoms with van der Waals surface area (Å²) in [7, 11) is 0. The molecule has 0 unspecified atom stereocenters. The van der Waals surface area contributed by atoms with Crippen molar-refractivity contribution in [3.63, 3.8) is 0 Å². The zero-order chi connectivity index (χ0) is 22.1. The second kappa shape index (κ2) is 8.53. The van der Waals surface area contributed by atoms with Gasteiger partial charge in [0.15, 0.2) is 4.80 Å². The first kappa shape index (κ1) is 20.4. The van der Waals surface area contributed by atoms with Crippen LogP contribution in [-0.2, 0) is 11.3 Å². The molecule has 0 fully saturated rings. The van der Waals surface area contributed by atoms with Gasteiger partial charge in [-0.25, -0.2) is 4.79 Å². The third-order valence-electron chi connectivity index (χ3n) is 5.31. The number of thiazole rings is 1. The van der Waals surface area contributed by atoms with Crippen molar-refractivity contribution < 1.29 is 13.9 Å². The SMILES string of the molecule is CCOCCn1c(=NC(=O)c2cc3ccccc3oc2=O)sc2c3ccccc3ccc21. The molecule has 0 bridgehead atoms. The molecule has 160 valence electrons. The summed E-state index contributed by atoms with van der Waals surface area (Å²) in [5.74, 6) is -0.620. The number of para-hydroxylation sites is 1. The summed E-state index contributed by atoms with van der Waals surface area (Å²) in [6.07, 6.45) is 0. The average molecular weight is 445 g/mol. The van der Waals surface area contributed by atoms with E-state index in [1.54, 1.807) is 24.3 Å². The lowest BCUT2D eigenvalue weighted by molar-refractivity contribution is 0.0993. The van der Waals surface area contributed by atoms with Crippen molar-refractivity contribution in [3.05, 3.63) is 87.5 Å². The highest BCUT2D eigenvalue weighted by Crippen LogP contribution is 2.27. The van der Waals surface area contributed by atoms with E-state index in [0.29, 0.717) is 35.5 Å². The van der Waals surface area contributed by atoms with Crippen LogP contribution in [0, 0.1) is 0 Å². The number of nitrogens with zero attached hydrogens (tertiary/aromatic N) is 2. The molecule has 2 heterocycles. The maximum absolute atomic E-state index is 13.0. The first-order valence-electron chi connectivity index (χ1n) is 10.4. The predicted molar refractivity (Wildman–Crippen MR) is 126 cm³/mol. The first-order chi connectivity index (χ1) is 15.7. The highest BCUT2D eigenvalue weighted by Gasteiger charge is 2.15. The summed E-state index contributed by atoms with van der Waals surface area (Å²) in [5.41, 5.74) is 0.645. The number of aromatic nitrogens is 1. The Morgan fingerprint density at radius 3 is 2.69 bits per heavy atom. The van der Waals surface area contributed by atoms with Crippen LogP contribution < -0.4 is 10.4 Å². The van der Waals surface area contributed by atoms with E-state index < -0.39 is 11.5 Å². The molecular formula is C25H20N2O4S. The Morgan fingerprint density at radius 2 is 1.84 bits per heavy atom. The number of carbonyl (C=O) groups excluding carboxylic acids is 1. The van der Waals surface area contributed by atoms with Crippen LogP contribution in [-0.4, -0.2) is 23.7 Å². The van der Waals surface area contributed by atoms with Crippen LogP contribution in [0.3, 0.4) is 0 Å². The zero-order valence-corrected chi connectivity index (χ0v) is 18.2. The maximum Gasteiger partial charge on any atom is 0.349 e. The highest BCUT2D eigenvalue weighted by atomic mass is 32.1. The molecule has 32 heavy (non-hydrogen) atoms. The Morgan fingerprint density at radius 1 is 1.06 bits per heavy atom. The topological polar surface area (TPSA) is 73.8 Å². The number of carbonyl (C=O) groups is 1. The lowest BCUT2D eigenvalue weighted by Crippen LogP contribution is -2.21. The summed E-state index contributed by atoms with van der Waals surface area (Å²) >= 11 is 1.43. The van der Waals surface area contributed by atoms with Crippen molar-refractivity contribution >= 4 is 49.2 Å². The molecule has 0 radical (unpaired) electrons. The van der Waals surface area contributed by atoms with Crippen molar-refractivity contribution in [1.29, 1.82) is 0 Å². The van der Waals surface area contributed by atoms with E-state index in [9.17, 15) is 9.59 Å². The van der Waals surface area contributed by atoms with Gasteiger partial charge in [-0.1, -0.05) is 59.9 Å². The minimum Gasteiger partial charge on any atom is -0.422 e. The minimum atomic E-state index is -0.690. The van der Waals surface area contributed by atoms with Gasteiger partial charge >= 0.3 is 5.63 Å². The smallest absolute Gasteiger partial charge is 0.349 e. The van der Waals surface area contributed by atoms with Crippen molar-refractivity contribution in [2.75, 3.05) is 13.2 Å². The Balaban J connectivity index is 1.69. The number of hydrogen-bond donors (Lipinski definition) is 0. The van der Waals surface area contributed by atoms with Gasteiger partial charge in [0, 0.05) is 23.9 Å². The molecule has 0 saturated carbocycles. The predicted octanol–water partition coefficient (Wildman–Crippen LogP) is 4.74. The summed E-state index contributed by atoms with van der Waals surface area (Å²) < 4.78 is 13.9. The summed E-state index contributed by atoms with van der Waals surface area (Å²) in [5, 5.41) is 2.89. The van der Waals surface area contributed by atoms with Gasteiger partial charge in [0.25, 0.3) is 5.91 Å². The molecule has 7 heteroatoms. The molecule has 2 aromatic heterocycles. The van der Waals surface area contributed by atoms with Crippen LogP contribution in [0.5, 0.6) is 0 Å². The van der Waals surface area contributed by atoms with E-state index in [2.05, 4.69) is 23.2 Å². The molecule has 0 spiro atoms. The number of fused-ring (bicyclic) bond motifs is 4. The molecule has 6 nitrogen and oxygen atoms in total. The second-order valence-corrected chi connectivity index (χ2v) is 8.25. The molecular weight excluding hydrogens is 424 g/mol. The Kier molecular flexibility index (Phi) is 5.43. The fourth-order valence-electron chi connectivity index (χ4n) is 3.76. The normalized spacial score (nSPS) is 12.2. The van der Waals surface area contributed by atoms with Gasteiger partial charge in [-0.15, -0.1) is 0 Å². The van der Waals surface area contributed by atoms with Crippen LogP contribution in [0.4, 0.5) is 0 Å². The van der Waals surface area contributed by atoms with Crippen molar-refractivity contribution in [2.45, 2.75) is 13.5 Å². The maximum atomic E-state index is 13.0. The molecule has 5 rings (SSSR count). The molecule has 0 aliphatic carbocycles. The lowest BCUT2D eigenvalue weighted by Gasteiger charge is -2.06. The summed E-state index contributed by atoms with van der Waals surface area (Å²) in [6, 6.07) is 20.8. The molecule has 0 atom stereocenters. The van der Waals surface area contributed by atoms with Crippen LogP contribution in [0.2, 0.25) is 0 Å². The van der Waals surface area contributed by atoms with Crippen molar-refractivity contribution in [2.24, 2.45) is 4.99 Å². The van der Waals surface area contributed by atoms with E-state index in [1.807, 2.05) is 35.8 Å². The third-order valence-corrected chi connectivity index (χ3v) is 6.43. The molecule has 0 saturated heterocycles. The monoisotopic (exact) mass is 444 g/mol. The minimum absolute atomic E-state index is 0.0811. The van der Waals surface area contributed by atoms with E-state index in [1.165, 1.54) is 11.3 Å². The molecule has 3 aromatic carbocycles. The third kappa shape index (κ3) is 3.66. The van der Waals surface area contributed by atoms with Gasteiger partial charge in [-0.3, -0.25) is 4.79 Å². The Hall–Kier alpha value is -3.55. The molecule has 5 aromatic rings. The van der Waals surface area contributed by atoms with Gasteiger partial charge in [0.05, 0.1) is 16.8 Å². The number of rotatable bonds is 5.